The lowest BCUT2D eigenvalue weighted by Gasteiger charge is -2.15. The summed E-state index contributed by atoms with van der Waals surface area (Å²) in [5.41, 5.74) is 0. The standard InChI is InChI=1S/C14H19N3O4/c1-2-10(7-8-18)15-12(19)5-6-13-16-14(17-21-13)11-4-3-9-20-11/h3-4,9-10,18H,2,5-8H2,1H3,(H,15,19). The number of aromatic nitrogens is 2. The lowest BCUT2D eigenvalue weighted by molar-refractivity contribution is -0.122. The highest BCUT2D eigenvalue weighted by Crippen LogP contribution is 2.16. The fraction of sp³-hybridized carbons (Fsp3) is 0.500. The summed E-state index contributed by atoms with van der Waals surface area (Å²) in [6, 6.07) is 3.48. The smallest absolute Gasteiger partial charge is 0.238 e. The number of amides is 1. The zero-order valence-corrected chi connectivity index (χ0v) is 11.9. The van der Waals surface area contributed by atoms with Gasteiger partial charge < -0.3 is 19.4 Å². The molecule has 2 N–H and O–H groups in total. The highest BCUT2D eigenvalue weighted by Gasteiger charge is 2.14. The van der Waals surface area contributed by atoms with E-state index in [4.69, 9.17) is 14.0 Å². The Hall–Kier alpha value is -2.15. The van der Waals surface area contributed by atoms with Gasteiger partial charge in [0.1, 0.15) is 0 Å². The largest absolute Gasteiger partial charge is 0.461 e. The van der Waals surface area contributed by atoms with Crippen LogP contribution in [0, 0.1) is 0 Å². The monoisotopic (exact) mass is 293 g/mol. The first-order chi connectivity index (χ1) is 10.2. The number of nitrogens with one attached hydrogen (secondary N) is 1. The van der Waals surface area contributed by atoms with Gasteiger partial charge in [-0.2, -0.15) is 4.98 Å². The van der Waals surface area contributed by atoms with Crippen LogP contribution in [0.3, 0.4) is 0 Å². The van der Waals surface area contributed by atoms with Crippen LogP contribution in [0.4, 0.5) is 0 Å². The van der Waals surface area contributed by atoms with E-state index in [2.05, 4.69) is 15.5 Å². The molecular formula is C14H19N3O4. The molecule has 21 heavy (non-hydrogen) atoms. The molecule has 0 radical (unpaired) electrons. The first kappa shape index (κ1) is 15.2. The molecule has 7 nitrogen and oxygen atoms in total. The van der Waals surface area contributed by atoms with Crippen molar-refractivity contribution >= 4 is 5.91 Å². The van der Waals surface area contributed by atoms with E-state index in [1.165, 1.54) is 6.26 Å². The van der Waals surface area contributed by atoms with Crippen molar-refractivity contribution in [3.63, 3.8) is 0 Å². The molecule has 2 aromatic rings. The van der Waals surface area contributed by atoms with Gasteiger partial charge in [0, 0.05) is 25.5 Å². The molecule has 0 saturated heterocycles. The maximum absolute atomic E-state index is 11.8. The van der Waals surface area contributed by atoms with Crippen LogP contribution in [0.25, 0.3) is 11.6 Å². The van der Waals surface area contributed by atoms with Crippen LogP contribution in [0.2, 0.25) is 0 Å². The maximum Gasteiger partial charge on any atom is 0.238 e. The van der Waals surface area contributed by atoms with Crippen LogP contribution in [-0.2, 0) is 11.2 Å². The van der Waals surface area contributed by atoms with Crippen molar-refractivity contribution in [1.29, 1.82) is 0 Å². The van der Waals surface area contributed by atoms with Crippen LogP contribution in [0.1, 0.15) is 32.1 Å². The third-order valence-electron chi connectivity index (χ3n) is 3.11. The number of carbonyl (C=O) groups is 1. The molecule has 1 unspecified atom stereocenters. The molecule has 7 heteroatoms. The van der Waals surface area contributed by atoms with Gasteiger partial charge in [0.25, 0.3) is 0 Å². The summed E-state index contributed by atoms with van der Waals surface area (Å²) in [6.45, 7) is 2.03. The van der Waals surface area contributed by atoms with Gasteiger partial charge in [0.05, 0.1) is 6.26 Å². The number of aliphatic hydroxyl groups is 1. The van der Waals surface area contributed by atoms with Crippen molar-refractivity contribution in [2.24, 2.45) is 0 Å². The van der Waals surface area contributed by atoms with Gasteiger partial charge in [-0.15, -0.1) is 0 Å². The van der Waals surface area contributed by atoms with E-state index in [1.54, 1.807) is 12.1 Å². The number of rotatable bonds is 8. The van der Waals surface area contributed by atoms with E-state index in [0.29, 0.717) is 30.3 Å². The Morgan fingerprint density at radius 2 is 2.38 bits per heavy atom. The lowest BCUT2D eigenvalue weighted by Crippen LogP contribution is -2.35. The molecule has 0 aliphatic heterocycles. The Morgan fingerprint density at radius 1 is 1.52 bits per heavy atom. The van der Waals surface area contributed by atoms with Gasteiger partial charge in [-0.25, -0.2) is 0 Å². The van der Waals surface area contributed by atoms with Crippen molar-refractivity contribution in [2.75, 3.05) is 6.61 Å². The van der Waals surface area contributed by atoms with Crippen LogP contribution in [-0.4, -0.2) is 33.8 Å². The molecule has 0 bridgehead atoms. The minimum Gasteiger partial charge on any atom is -0.461 e. The number of hydrogen-bond acceptors (Lipinski definition) is 6. The summed E-state index contributed by atoms with van der Waals surface area (Å²) in [4.78, 5) is 16.0. The summed E-state index contributed by atoms with van der Waals surface area (Å²) in [7, 11) is 0. The Morgan fingerprint density at radius 3 is 3.05 bits per heavy atom. The van der Waals surface area contributed by atoms with Gasteiger partial charge in [-0.1, -0.05) is 12.1 Å². The summed E-state index contributed by atoms with van der Waals surface area (Å²) in [5, 5.41) is 15.6. The summed E-state index contributed by atoms with van der Waals surface area (Å²) >= 11 is 0. The van der Waals surface area contributed by atoms with Crippen LogP contribution < -0.4 is 5.32 Å². The van der Waals surface area contributed by atoms with Crippen LogP contribution in [0.15, 0.2) is 27.3 Å². The number of nitrogens with zero attached hydrogens (tertiary/aromatic N) is 2. The van der Waals surface area contributed by atoms with Gasteiger partial charge in [0.15, 0.2) is 5.76 Å². The Kier molecular flexibility index (Phi) is 5.51. The molecule has 0 aliphatic carbocycles. The van der Waals surface area contributed by atoms with Gasteiger partial charge in [-0.3, -0.25) is 4.79 Å². The average molecular weight is 293 g/mol. The molecule has 0 aliphatic rings. The second-order valence-corrected chi connectivity index (χ2v) is 4.67. The summed E-state index contributed by atoms with van der Waals surface area (Å²) in [6.07, 6.45) is 3.52. The van der Waals surface area contributed by atoms with Gasteiger partial charge in [0.2, 0.25) is 17.6 Å². The Balaban J connectivity index is 1.81. The number of hydrogen-bond donors (Lipinski definition) is 2. The molecule has 0 aromatic carbocycles. The fourth-order valence-corrected chi connectivity index (χ4v) is 1.92. The quantitative estimate of drug-likeness (QED) is 0.765. The summed E-state index contributed by atoms with van der Waals surface area (Å²) < 4.78 is 10.2. The van der Waals surface area contributed by atoms with E-state index in [0.717, 1.165) is 6.42 Å². The first-order valence-electron chi connectivity index (χ1n) is 6.99. The predicted molar refractivity (Wildman–Crippen MR) is 74.2 cm³/mol. The molecular weight excluding hydrogens is 274 g/mol. The van der Waals surface area contributed by atoms with E-state index in [1.807, 2.05) is 6.92 Å². The molecule has 1 amide bonds. The molecule has 2 rings (SSSR count). The second kappa shape index (κ2) is 7.58. The Labute approximate surface area is 122 Å². The average Bonchev–Trinajstić information content (AvgIpc) is 3.15. The SMILES string of the molecule is CCC(CCO)NC(=O)CCc1nc(-c2ccco2)no1. The molecule has 2 aromatic heterocycles. The molecule has 0 spiro atoms. The van der Waals surface area contributed by atoms with E-state index in [-0.39, 0.29) is 25.0 Å². The van der Waals surface area contributed by atoms with Gasteiger partial charge >= 0.3 is 0 Å². The highest BCUT2D eigenvalue weighted by molar-refractivity contribution is 5.76. The number of carbonyl (C=O) groups excluding carboxylic acids is 1. The zero-order valence-electron chi connectivity index (χ0n) is 11.9. The minimum atomic E-state index is -0.0898. The first-order valence-corrected chi connectivity index (χ1v) is 6.99. The molecule has 0 fully saturated rings. The van der Waals surface area contributed by atoms with Crippen molar-refractivity contribution in [3.05, 3.63) is 24.3 Å². The fourth-order valence-electron chi connectivity index (χ4n) is 1.92. The maximum atomic E-state index is 11.8. The van der Waals surface area contributed by atoms with E-state index < -0.39 is 0 Å². The number of furan rings is 1. The number of aliphatic hydroxyl groups excluding tert-OH is 1. The normalized spacial score (nSPS) is 12.3. The topological polar surface area (TPSA) is 101 Å². The van der Waals surface area contributed by atoms with E-state index >= 15 is 0 Å². The zero-order chi connectivity index (χ0) is 15.1. The minimum absolute atomic E-state index is 0.00358. The van der Waals surface area contributed by atoms with Crippen molar-refractivity contribution in [3.8, 4) is 11.6 Å². The highest BCUT2D eigenvalue weighted by atomic mass is 16.5. The third kappa shape index (κ3) is 4.42. The third-order valence-corrected chi connectivity index (χ3v) is 3.11. The molecule has 114 valence electrons. The summed E-state index contributed by atoms with van der Waals surface area (Å²) in [5.74, 6) is 1.21. The van der Waals surface area contributed by atoms with Crippen molar-refractivity contribution in [2.45, 2.75) is 38.6 Å². The second-order valence-electron chi connectivity index (χ2n) is 4.67. The number of aryl methyl sites for hydroxylation is 1. The van der Waals surface area contributed by atoms with E-state index in [9.17, 15) is 4.79 Å². The van der Waals surface area contributed by atoms with Crippen molar-refractivity contribution in [1.82, 2.24) is 15.5 Å². The Bertz CT molecular complexity index is 550. The van der Waals surface area contributed by atoms with Crippen LogP contribution in [0.5, 0.6) is 0 Å². The van der Waals surface area contributed by atoms with Crippen LogP contribution >= 0.6 is 0 Å². The van der Waals surface area contributed by atoms with Gasteiger partial charge in [-0.05, 0) is 25.0 Å². The molecule has 0 saturated carbocycles. The predicted octanol–water partition coefficient (Wildman–Crippen LogP) is 1.54. The molecule has 1 atom stereocenters. The lowest BCUT2D eigenvalue weighted by atomic mass is 10.1. The van der Waals surface area contributed by atoms with Crippen molar-refractivity contribution < 1.29 is 18.8 Å². The molecule has 2 heterocycles.